The first-order chi connectivity index (χ1) is 12.9. The number of benzene rings is 1. The highest BCUT2D eigenvalue weighted by Gasteiger charge is 2.40. The van der Waals surface area contributed by atoms with Crippen molar-refractivity contribution < 1.29 is 26.3 Å². The van der Waals surface area contributed by atoms with Crippen LogP contribution in [-0.2, 0) is 23.2 Å². The van der Waals surface area contributed by atoms with Crippen LogP contribution in [0.15, 0.2) is 40.0 Å². The minimum absolute atomic E-state index is 0.0411. The van der Waals surface area contributed by atoms with Crippen LogP contribution in [0, 0.1) is 6.92 Å². The van der Waals surface area contributed by atoms with Crippen molar-refractivity contribution in [1.82, 2.24) is 8.87 Å². The predicted octanol–water partition coefficient (Wildman–Crippen LogP) is 2.82. The summed E-state index contributed by atoms with van der Waals surface area (Å²) in [5, 5.41) is -0.572. The largest absolute Gasteiger partial charge is 0.487 e. The summed E-state index contributed by atoms with van der Waals surface area (Å²) in [5.74, 6) is 0.313. The molecular weight excluding hydrogens is 421 g/mol. The van der Waals surface area contributed by atoms with Gasteiger partial charge >= 0.3 is 6.18 Å². The number of alkyl halides is 3. The molecule has 0 N–H and O–H groups in total. The number of ether oxygens (including phenoxy) is 1. The van der Waals surface area contributed by atoms with Crippen molar-refractivity contribution in [3.63, 3.8) is 0 Å². The minimum atomic E-state index is -4.76. The minimum Gasteiger partial charge on any atom is -0.487 e. The highest BCUT2D eigenvalue weighted by Crippen LogP contribution is 2.37. The van der Waals surface area contributed by atoms with Crippen LogP contribution in [0.5, 0.6) is 5.75 Å². The van der Waals surface area contributed by atoms with Gasteiger partial charge in [-0.2, -0.15) is 17.5 Å². The lowest BCUT2D eigenvalue weighted by molar-refractivity contribution is -0.137. The van der Waals surface area contributed by atoms with Gasteiger partial charge < -0.3 is 9.30 Å². The van der Waals surface area contributed by atoms with Crippen LogP contribution in [0.1, 0.15) is 11.3 Å². The van der Waals surface area contributed by atoms with Gasteiger partial charge in [0.25, 0.3) is 5.56 Å². The Morgan fingerprint density at radius 3 is 2.39 bits per heavy atom. The molecule has 0 aliphatic carbocycles. The number of sulfonamides is 1. The van der Waals surface area contributed by atoms with Crippen LogP contribution < -0.4 is 10.3 Å². The number of halogens is 4. The van der Waals surface area contributed by atoms with Crippen molar-refractivity contribution in [3.05, 3.63) is 57.0 Å². The molecular formula is C17H16ClF3N2O4S. The third kappa shape index (κ3) is 3.89. The van der Waals surface area contributed by atoms with Gasteiger partial charge in [0.05, 0.1) is 28.6 Å². The highest BCUT2D eigenvalue weighted by atomic mass is 35.5. The van der Waals surface area contributed by atoms with E-state index in [1.165, 1.54) is 10.6 Å². The van der Waals surface area contributed by atoms with Crippen molar-refractivity contribution in [2.24, 2.45) is 7.05 Å². The Balaban J connectivity index is 1.74. The summed E-state index contributed by atoms with van der Waals surface area (Å²) in [6.07, 6.45) is -5.27. The SMILES string of the molecule is Cc1cc(OC2CN(S(=O)(=O)c3ccc(Cl)c(C(F)(F)F)c3)C2)cc(=O)n1C. The highest BCUT2D eigenvalue weighted by molar-refractivity contribution is 7.89. The van der Waals surface area contributed by atoms with Crippen molar-refractivity contribution >= 4 is 21.6 Å². The van der Waals surface area contributed by atoms with Crippen molar-refractivity contribution in [1.29, 1.82) is 0 Å². The molecule has 0 atom stereocenters. The van der Waals surface area contributed by atoms with Gasteiger partial charge in [-0.05, 0) is 31.2 Å². The number of rotatable bonds is 4. The predicted molar refractivity (Wildman–Crippen MR) is 96.0 cm³/mol. The van der Waals surface area contributed by atoms with Gasteiger partial charge in [0.15, 0.2) is 0 Å². The fourth-order valence-electron chi connectivity index (χ4n) is 2.70. The monoisotopic (exact) mass is 436 g/mol. The van der Waals surface area contributed by atoms with E-state index in [4.69, 9.17) is 16.3 Å². The molecule has 1 aliphatic rings. The lowest BCUT2D eigenvalue weighted by atomic mass is 10.2. The van der Waals surface area contributed by atoms with Crippen LogP contribution in [-0.4, -0.2) is 36.5 Å². The summed E-state index contributed by atoms with van der Waals surface area (Å²) in [6, 6.07) is 5.40. The first-order valence-electron chi connectivity index (χ1n) is 8.11. The lowest BCUT2D eigenvalue weighted by Crippen LogP contribution is -2.56. The summed E-state index contributed by atoms with van der Waals surface area (Å²) >= 11 is 5.53. The third-order valence-corrected chi connectivity index (χ3v) is 6.63. The molecule has 1 aromatic heterocycles. The second-order valence-corrected chi connectivity index (χ2v) is 8.78. The van der Waals surface area contributed by atoms with E-state index in [1.54, 1.807) is 20.0 Å². The summed E-state index contributed by atoms with van der Waals surface area (Å²) in [6.45, 7) is 1.64. The standard InChI is InChI=1S/C17H16ClF3N2O4S/c1-10-5-11(6-16(24)22(10)2)27-12-8-23(9-12)28(25,26)13-3-4-15(18)14(7-13)17(19,20)21/h3-7,12H,8-9H2,1-2H3. The molecule has 0 spiro atoms. The topological polar surface area (TPSA) is 68.6 Å². The Morgan fingerprint density at radius 2 is 1.82 bits per heavy atom. The zero-order valence-corrected chi connectivity index (χ0v) is 16.4. The van der Waals surface area contributed by atoms with Gasteiger partial charge in [-0.3, -0.25) is 4.79 Å². The number of pyridine rings is 1. The molecule has 1 aliphatic heterocycles. The Bertz CT molecular complexity index is 1080. The molecule has 1 saturated heterocycles. The van der Waals surface area contributed by atoms with Crippen molar-refractivity contribution in [2.45, 2.75) is 24.1 Å². The van der Waals surface area contributed by atoms with Crippen molar-refractivity contribution in [2.75, 3.05) is 13.1 Å². The molecule has 0 saturated carbocycles. The summed E-state index contributed by atoms with van der Waals surface area (Å²) < 4.78 is 72.1. The van der Waals surface area contributed by atoms with E-state index in [9.17, 15) is 26.4 Å². The third-order valence-electron chi connectivity index (χ3n) is 4.47. The molecule has 152 valence electrons. The van der Waals surface area contributed by atoms with E-state index in [-0.39, 0.29) is 18.6 Å². The summed E-state index contributed by atoms with van der Waals surface area (Å²) in [7, 11) is -2.51. The van der Waals surface area contributed by atoms with Gasteiger partial charge in [0, 0.05) is 18.8 Å². The van der Waals surface area contributed by atoms with E-state index in [2.05, 4.69) is 0 Å². The number of hydrogen-bond acceptors (Lipinski definition) is 4. The van der Waals surface area contributed by atoms with Gasteiger partial charge in [-0.1, -0.05) is 11.6 Å². The molecule has 0 radical (unpaired) electrons. The van der Waals surface area contributed by atoms with Crippen molar-refractivity contribution in [3.8, 4) is 5.75 Å². The number of nitrogens with zero attached hydrogens (tertiary/aromatic N) is 2. The Kier molecular flexibility index (Phi) is 5.24. The van der Waals surface area contributed by atoms with Gasteiger partial charge in [-0.25, -0.2) is 8.42 Å². The molecule has 6 nitrogen and oxygen atoms in total. The molecule has 2 aromatic rings. The maximum atomic E-state index is 13.0. The second-order valence-electron chi connectivity index (χ2n) is 6.43. The van der Waals surface area contributed by atoms with E-state index >= 15 is 0 Å². The van der Waals surface area contributed by atoms with Gasteiger partial charge in [0.2, 0.25) is 10.0 Å². The lowest BCUT2D eigenvalue weighted by Gasteiger charge is -2.37. The number of aromatic nitrogens is 1. The van der Waals surface area contributed by atoms with Crippen LogP contribution in [0.25, 0.3) is 0 Å². The number of aryl methyl sites for hydroxylation is 1. The Hall–Kier alpha value is -2.04. The van der Waals surface area contributed by atoms with Gasteiger partial charge in [0.1, 0.15) is 11.9 Å². The normalized spacial score (nSPS) is 16.1. The fourth-order valence-corrected chi connectivity index (χ4v) is 4.45. The Morgan fingerprint density at radius 1 is 1.18 bits per heavy atom. The smallest absolute Gasteiger partial charge is 0.417 e. The average molecular weight is 437 g/mol. The molecule has 1 fully saturated rings. The molecule has 2 heterocycles. The fraction of sp³-hybridized carbons (Fsp3) is 0.353. The molecule has 0 amide bonds. The first-order valence-corrected chi connectivity index (χ1v) is 9.92. The van der Waals surface area contributed by atoms with E-state index in [0.29, 0.717) is 17.5 Å². The molecule has 11 heteroatoms. The zero-order valence-electron chi connectivity index (χ0n) is 14.8. The van der Waals surface area contributed by atoms with Gasteiger partial charge in [-0.15, -0.1) is 0 Å². The zero-order chi connectivity index (χ0) is 20.9. The van der Waals surface area contributed by atoms with Crippen LogP contribution in [0.4, 0.5) is 13.2 Å². The molecule has 1 aromatic carbocycles. The molecule has 28 heavy (non-hydrogen) atoms. The average Bonchev–Trinajstić information content (AvgIpc) is 2.54. The molecule has 3 rings (SSSR count). The van der Waals surface area contributed by atoms with Crippen LogP contribution in [0.3, 0.4) is 0 Å². The first kappa shape index (κ1) is 20.7. The van der Waals surface area contributed by atoms with Crippen LogP contribution in [0.2, 0.25) is 5.02 Å². The maximum absolute atomic E-state index is 13.0. The summed E-state index contributed by atoms with van der Waals surface area (Å²) in [4.78, 5) is 11.3. The maximum Gasteiger partial charge on any atom is 0.417 e. The summed E-state index contributed by atoms with van der Waals surface area (Å²) in [5.41, 5.74) is -0.800. The number of hydrogen-bond donors (Lipinski definition) is 0. The van der Waals surface area contributed by atoms with E-state index < -0.39 is 37.8 Å². The quantitative estimate of drug-likeness (QED) is 0.739. The Labute approximate surface area is 164 Å². The molecule has 0 unspecified atom stereocenters. The second kappa shape index (κ2) is 7.09. The van der Waals surface area contributed by atoms with Crippen LogP contribution >= 0.6 is 11.6 Å². The van der Waals surface area contributed by atoms with E-state index in [1.807, 2.05) is 0 Å². The van der Waals surface area contributed by atoms with E-state index in [0.717, 1.165) is 16.4 Å². The molecule has 0 bridgehead atoms.